The number of halogens is 1. The van der Waals surface area contributed by atoms with E-state index in [2.05, 4.69) is 21.2 Å². The molecular formula is C10H11BrN2OS. The molecule has 0 atom stereocenters. The van der Waals surface area contributed by atoms with Crippen molar-refractivity contribution in [3.8, 4) is 0 Å². The number of alkyl halides is 1. The molecule has 0 unspecified atom stereocenters. The summed E-state index contributed by atoms with van der Waals surface area (Å²) in [4.78, 5) is 14.6. The maximum absolute atomic E-state index is 11.6. The zero-order valence-electron chi connectivity index (χ0n) is 8.29. The number of nitrogens with one attached hydrogen (secondary N) is 1. The van der Waals surface area contributed by atoms with Crippen molar-refractivity contribution in [1.29, 1.82) is 0 Å². The third-order valence-corrected chi connectivity index (χ3v) is 3.86. The molecule has 0 saturated carbocycles. The van der Waals surface area contributed by atoms with Crippen LogP contribution in [-0.4, -0.2) is 24.2 Å². The summed E-state index contributed by atoms with van der Waals surface area (Å²) in [6.45, 7) is 0. The molecule has 1 aromatic carbocycles. The van der Waals surface area contributed by atoms with Gasteiger partial charge in [-0.3, -0.25) is 4.79 Å². The number of rotatable bonds is 2. The Labute approximate surface area is 101 Å². The maximum atomic E-state index is 11.6. The molecule has 1 aliphatic heterocycles. The summed E-state index contributed by atoms with van der Waals surface area (Å²) in [6.07, 6.45) is 0. The lowest BCUT2D eigenvalue weighted by molar-refractivity contribution is -0.116. The van der Waals surface area contributed by atoms with Crippen LogP contribution in [0.5, 0.6) is 0 Å². The summed E-state index contributed by atoms with van der Waals surface area (Å²) < 4.78 is 0. The van der Waals surface area contributed by atoms with E-state index in [-0.39, 0.29) is 5.91 Å². The molecule has 0 spiro atoms. The molecule has 1 amide bonds. The predicted molar refractivity (Wildman–Crippen MR) is 68.0 cm³/mol. The number of carbonyl (C=O) groups is 1. The minimum atomic E-state index is 0.151. The lowest BCUT2D eigenvalue weighted by Crippen LogP contribution is -2.34. The van der Waals surface area contributed by atoms with Crippen LogP contribution < -0.4 is 10.2 Å². The number of anilines is 2. The van der Waals surface area contributed by atoms with Gasteiger partial charge in [-0.25, -0.2) is 0 Å². The summed E-state index contributed by atoms with van der Waals surface area (Å²) in [5.74, 6) is 0.676. The number of carbonyl (C=O) groups excluding carboxylic acids is 1. The normalized spacial score (nSPS) is 15.1. The Hall–Kier alpha value is -0.680. The second kappa shape index (κ2) is 4.45. The molecule has 1 aromatic rings. The fourth-order valence-electron chi connectivity index (χ4n) is 1.49. The Morgan fingerprint density at radius 1 is 1.60 bits per heavy atom. The van der Waals surface area contributed by atoms with E-state index in [0.717, 1.165) is 16.3 Å². The molecule has 0 fully saturated rings. The van der Waals surface area contributed by atoms with Crippen molar-refractivity contribution in [2.45, 2.75) is 4.90 Å². The largest absolute Gasteiger partial charge is 0.388 e. The Morgan fingerprint density at radius 2 is 2.40 bits per heavy atom. The first-order valence-corrected chi connectivity index (χ1v) is 6.68. The van der Waals surface area contributed by atoms with Gasteiger partial charge in [0.25, 0.3) is 0 Å². The van der Waals surface area contributed by atoms with Crippen molar-refractivity contribution in [2.24, 2.45) is 0 Å². The molecule has 0 aliphatic carbocycles. The fraction of sp³-hybridized carbons (Fsp3) is 0.300. The highest BCUT2D eigenvalue weighted by atomic mass is 79.9. The zero-order chi connectivity index (χ0) is 10.8. The minimum Gasteiger partial charge on any atom is -0.388 e. The summed E-state index contributed by atoms with van der Waals surface area (Å²) in [7, 11) is 1.87. The van der Waals surface area contributed by atoms with Crippen molar-refractivity contribution in [2.75, 3.05) is 28.5 Å². The standard InChI is InChI=1S/C10H11BrN2OS/c1-12-7-2-3-9-8(4-7)13(6-11)10(14)5-15-9/h2-4,12H,5-6H2,1H3. The van der Waals surface area contributed by atoms with Gasteiger partial charge in [-0.15, -0.1) is 11.8 Å². The first kappa shape index (κ1) is 10.8. The number of hydrogen-bond donors (Lipinski definition) is 1. The molecule has 5 heteroatoms. The van der Waals surface area contributed by atoms with Gasteiger partial charge in [0.1, 0.15) is 0 Å². The van der Waals surface area contributed by atoms with Crippen LogP contribution in [0.15, 0.2) is 23.1 Å². The van der Waals surface area contributed by atoms with E-state index >= 15 is 0 Å². The number of amides is 1. The second-order valence-electron chi connectivity index (χ2n) is 3.16. The molecular weight excluding hydrogens is 276 g/mol. The van der Waals surface area contributed by atoms with Gasteiger partial charge >= 0.3 is 0 Å². The maximum Gasteiger partial charge on any atom is 0.238 e. The molecule has 2 rings (SSSR count). The van der Waals surface area contributed by atoms with Crippen LogP contribution in [0.25, 0.3) is 0 Å². The van der Waals surface area contributed by atoms with Gasteiger partial charge in [0.15, 0.2) is 0 Å². The third-order valence-electron chi connectivity index (χ3n) is 2.31. The number of hydrogen-bond acceptors (Lipinski definition) is 3. The minimum absolute atomic E-state index is 0.151. The quantitative estimate of drug-likeness (QED) is 0.670. The van der Waals surface area contributed by atoms with Crippen LogP contribution in [0.4, 0.5) is 11.4 Å². The smallest absolute Gasteiger partial charge is 0.238 e. The van der Waals surface area contributed by atoms with Crippen LogP contribution in [0, 0.1) is 0 Å². The van der Waals surface area contributed by atoms with Crippen molar-refractivity contribution >= 4 is 45.0 Å². The van der Waals surface area contributed by atoms with Gasteiger partial charge in [-0.05, 0) is 18.2 Å². The predicted octanol–water partition coefficient (Wildman–Crippen LogP) is 2.52. The molecule has 1 N–H and O–H groups in total. The van der Waals surface area contributed by atoms with Crippen LogP contribution in [0.3, 0.4) is 0 Å². The van der Waals surface area contributed by atoms with Gasteiger partial charge in [-0.1, -0.05) is 15.9 Å². The van der Waals surface area contributed by atoms with E-state index in [1.807, 2.05) is 25.2 Å². The summed E-state index contributed by atoms with van der Waals surface area (Å²) in [5, 5.41) is 3.07. The summed E-state index contributed by atoms with van der Waals surface area (Å²) in [6, 6.07) is 6.07. The van der Waals surface area contributed by atoms with E-state index in [4.69, 9.17) is 0 Å². The zero-order valence-corrected chi connectivity index (χ0v) is 10.7. The van der Waals surface area contributed by atoms with Gasteiger partial charge in [0.05, 0.1) is 16.9 Å². The molecule has 15 heavy (non-hydrogen) atoms. The van der Waals surface area contributed by atoms with Crippen molar-refractivity contribution in [3.63, 3.8) is 0 Å². The molecule has 80 valence electrons. The first-order chi connectivity index (χ1) is 7.26. The fourth-order valence-corrected chi connectivity index (χ4v) is 2.95. The average Bonchev–Trinajstić information content (AvgIpc) is 2.28. The monoisotopic (exact) mass is 286 g/mol. The lowest BCUT2D eigenvalue weighted by Gasteiger charge is -2.27. The average molecular weight is 287 g/mol. The molecule has 1 heterocycles. The summed E-state index contributed by atoms with van der Waals surface area (Å²) >= 11 is 4.94. The lowest BCUT2D eigenvalue weighted by atomic mass is 10.2. The Kier molecular flexibility index (Phi) is 3.21. The molecule has 1 aliphatic rings. The van der Waals surface area contributed by atoms with Gasteiger partial charge in [0, 0.05) is 17.6 Å². The molecule has 0 radical (unpaired) electrons. The van der Waals surface area contributed by atoms with E-state index < -0.39 is 0 Å². The molecule has 0 saturated heterocycles. The number of fused-ring (bicyclic) bond motifs is 1. The second-order valence-corrected chi connectivity index (χ2v) is 4.68. The SMILES string of the molecule is CNc1ccc2c(c1)N(CBr)C(=O)CS2. The number of nitrogens with zero attached hydrogens (tertiary/aromatic N) is 1. The van der Waals surface area contributed by atoms with Gasteiger partial charge in [-0.2, -0.15) is 0 Å². The van der Waals surface area contributed by atoms with Crippen molar-refractivity contribution in [3.05, 3.63) is 18.2 Å². The highest BCUT2D eigenvalue weighted by Gasteiger charge is 2.23. The van der Waals surface area contributed by atoms with Crippen molar-refractivity contribution in [1.82, 2.24) is 0 Å². The van der Waals surface area contributed by atoms with Crippen LogP contribution >= 0.6 is 27.7 Å². The van der Waals surface area contributed by atoms with Gasteiger partial charge < -0.3 is 10.2 Å². The number of thioether (sulfide) groups is 1. The van der Waals surface area contributed by atoms with Crippen LogP contribution in [0.1, 0.15) is 0 Å². The molecule has 0 aromatic heterocycles. The molecule has 0 bridgehead atoms. The highest BCUT2D eigenvalue weighted by molar-refractivity contribution is 9.09. The third kappa shape index (κ3) is 1.99. The Balaban J connectivity index is 2.45. The summed E-state index contributed by atoms with van der Waals surface area (Å²) in [5.41, 5.74) is 2.56. The topological polar surface area (TPSA) is 32.3 Å². The van der Waals surface area contributed by atoms with E-state index in [9.17, 15) is 4.79 Å². The van der Waals surface area contributed by atoms with E-state index in [1.54, 1.807) is 16.7 Å². The van der Waals surface area contributed by atoms with Crippen LogP contribution in [0.2, 0.25) is 0 Å². The van der Waals surface area contributed by atoms with Crippen LogP contribution in [-0.2, 0) is 4.79 Å². The van der Waals surface area contributed by atoms with E-state index in [1.165, 1.54) is 0 Å². The first-order valence-electron chi connectivity index (χ1n) is 4.57. The Morgan fingerprint density at radius 3 is 3.07 bits per heavy atom. The Bertz CT molecular complexity index is 397. The van der Waals surface area contributed by atoms with E-state index in [0.29, 0.717) is 11.2 Å². The van der Waals surface area contributed by atoms with Gasteiger partial charge in [0.2, 0.25) is 5.91 Å². The van der Waals surface area contributed by atoms with Crippen molar-refractivity contribution < 1.29 is 4.79 Å². The number of benzene rings is 1. The highest BCUT2D eigenvalue weighted by Crippen LogP contribution is 2.37. The molecule has 3 nitrogen and oxygen atoms in total.